The van der Waals surface area contributed by atoms with Crippen LogP contribution in [0.3, 0.4) is 0 Å². The highest BCUT2D eigenvalue weighted by molar-refractivity contribution is 5.99. The molecular formula is C25H34N6O6. The molecule has 0 fully saturated rings. The van der Waals surface area contributed by atoms with Crippen LogP contribution in [0.1, 0.15) is 39.2 Å². The van der Waals surface area contributed by atoms with E-state index in [9.17, 15) is 24.0 Å². The number of benzene rings is 1. The van der Waals surface area contributed by atoms with Crippen molar-refractivity contribution in [2.45, 2.75) is 52.6 Å². The average molecular weight is 515 g/mol. The van der Waals surface area contributed by atoms with Crippen LogP contribution in [-0.2, 0) is 19.2 Å². The topological polar surface area (TPSA) is 185 Å². The van der Waals surface area contributed by atoms with Gasteiger partial charge in [0, 0.05) is 36.7 Å². The Morgan fingerprint density at radius 2 is 1.84 bits per heavy atom. The highest BCUT2D eigenvalue weighted by atomic mass is 16.4. The fourth-order valence-corrected chi connectivity index (χ4v) is 3.59. The summed E-state index contributed by atoms with van der Waals surface area (Å²) in [6.45, 7) is 6.65. The third-order valence-electron chi connectivity index (χ3n) is 5.50. The average Bonchev–Trinajstić information content (AvgIpc) is 2.82. The van der Waals surface area contributed by atoms with Crippen LogP contribution in [0.25, 0.3) is 11.0 Å². The van der Waals surface area contributed by atoms with Crippen molar-refractivity contribution < 1.29 is 23.6 Å². The van der Waals surface area contributed by atoms with Crippen LogP contribution in [-0.4, -0.2) is 55.1 Å². The van der Waals surface area contributed by atoms with Gasteiger partial charge in [-0.1, -0.05) is 13.8 Å². The summed E-state index contributed by atoms with van der Waals surface area (Å²) in [5, 5.41) is 11.2. The number of anilines is 1. The predicted octanol–water partition coefficient (Wildman–Crippen LogP) is 0.569. The van der Waals surface area contributed by atoms with Crippen molar-refractivity contribution in [2.75, 3.05) is 18.4 Å². The molecule has 4 amide bonds. The molecule has 1 unspecified atom stereocenters. The van der Waals surface area contributed by atoms with Crippen molar-refractivity contribution in [2.24, 2.45) is 16.6 Å². The van der Waals surface area contributed by atoms with Gasteiger partial charge in [0.05, 0.1) is 12.9 Å². The Morgan fingerprint density at radius 3 is 2.49 bits per heavy atom. The third kappa shape index (κ3) is 9.06. The molecule has 0 saturated heterocycles. The van der Waals surface area contributed by atoms with Gasteiger partial charge in [-0.2, -0.15) is 0 Å². The first-order valence-electron chi connectivity index (χ1n) is 11.9. The number of carbonyl (C=O) groups excluding carboxylic acids is 4. The number of aliphatic imine (C=N–C) groups is 1. The van der Waals surface area contributed by atoms with Gasteiger partial charge in [0.1, 0.15) is 17.7 Å². The zero-order chi connectivity index (χ0) is 27.5. The Hall–Kier alpha value is -4.22. The summed E-state index contributed by atoms with van der Waals surface area (Å²) in [4.78, 5) is 65.1. The smallest absolute Gasteiger partial charge is 0.336 e. The lowest BCUT2D eigenvalue weighted by molar-refractivity contribution is -0.132. The maximum absolute atomic E-state index is 13.2. The highest BCUT2D eigenvalue weighted by Crippen LogP contribution is 2.21. The fraction of sp³-hybridized carbons (Fsp3) is 0.440. The van der Waals surface area contributed by atoms with Crippen molar-refractivity contribution in [3.05, 3.63) is 40.2 Å². The van der Waals surface area contributed by atoms with Crippen LogP contribution in [0.4, 0.5) is 5.69 Å². The van der Waals surface area contributed by atoms with E-state index in [1.807, 2.05) is 0 Å². The van der Waals surface area contributed by atoms with Gasteiger partial charge in [-0.15, -0.1) is 0 Å². The SMILES string of the molecule is CC(=O)NCC(=O)NC(C(=O)N[C@@H](CCCN=CN)C(=O)Nc1ccc2c(C)cc(=O)oc2c1)C(C)C. The lowest BCUT2D eigenvalue weighted by Gasteiger charge is -2.25. The summed E-state index contributed by atoms with van der Waals surface area (Å²) >= 11 is 0. The van der Waals surface area contributed by atoms with Gasteiger partial charge in [-0.25, -0.2) is 4.79 Å². The number of hydrogen-bond acceptors (Lipinski definition) is 7. The molecule has 0 radical (unpaired) electrons. The van der Waals surface area contributed by atoms with Gasteiger partial charge >= 0.3 is 5.63 Å². The van der Waals surface area contributed by atoms with E-state index >= 15 is 0 Å². The quantitative estimate of drug-likeness (QED) is 0.119. The molecule has 1 aromatic carbocycles. The molecule has 2 atom stereocenters. The van der Waals surface area contributed by atoms with E-state index < -0.39 is 35.4 Å². The summed E-state index contributed by atoms with van der Waals surface area (Å²) in [5.74, 6) is -2.24. The number of hydrogen-bond donors (Lipinski definition) is 5. The summed E-state index contributed by atoms with van der Waals surface area (Å²) in [6, 6.07) is 4.44. The largest absolute Gasteiger partial charge is 0.423 e. The van der Waals surface area contributed by atoms with Crippen molar-refractivity contribution in [3.8, 4) is 0 Å². The van der Waals surface area contributed by atoms with Crippen LogP contribution in [0, 0.1) is 12.8 Å². The first-order valence-corrected chi connectivity index (χ1v) is 11.9. The molecule has 0 aliphatic carbocycles. The number of fused-ring (bicyclic) bond motifs is 1. The lowest BCUT2D eigenvalue weighted by Crippen LogP contribution is -2.55. The Bertz CT molecular complexity index is 1220. The molecule has 1 aromatic heterocycles. The van der Waals surface area contributed by atoms with Gasteiger partial charge in [-0.05, 0) is 43.4 Å². The van der Waals surface area contributed by atoms with Crippen molar-refractivity contribution in [1.82, 2.24) is 16.0 Å². The second-order valence-corrected chi connectivity index (χ2v) is 8.91. The fourth-order valence-electron chi connectivity index (χ4n) is 3.59. The zero-order valence-corrected chi connectivity index (χ0v) is 21.4. The zero-order valence-electron chi connectivity index (χ0n) is 21.4. The van der Waals surface area contributed by atoms with Gasteiger partial charge in [-0.3, -0.25) is 24.2 Å². The predicted molar refractivity (Wildman–Crippen MR) is 140 cm³/mol. The molecule has 37 heavy (non-hydrogen) atoms. The van der Waals surface area contributed by atoms with Gasteiger partial charge in [0.25, 0.3) is 0 Å². The van der Waals surface area contributed by atoms with Crippen LogP contribution in [0.15, 0.2) is 38.5 Å². The second kappa shape index (κ2) is 13.8. The monoisotopic (exact) mass is 514 g/mol. The molecule has 1 heterocycles. The van der Waals surface area contributed by atoms with E-state index in [1.54, 1.807) is 39.0 Å². The number of nitrogens with two attached hydrogens (primary N) is 1. The van der Waals surface area contributed by atoms with E-state index in [-0.39, 0.29) is 24.8 Å². The molecule has 0 bridgehead atoms. The van der Waals surface area contributed by atoms with Gasteiger partial charge < -0.3 is 31.4 Å². The van der Waals surface area contributed by atoms with Gasteiger partial charge in [0.15, 0.2) is 0 Å². The van der Waals surface area contributed by atoms with Gasteiger partial charge in [0.2, 0.25) is 23.6 Å². The lowest BCUT2D eigenvalue weighted by atomic mass is 10.0. The minimum atomic E-state index is -0.950. The van der Waals surface area contributed by atoms with E-state index in [0.29, 0.717) is 24.2 Å². The Labute approximate surface area is 214 Å². The van der Waals surface area contributed by atoms with E-state index in [4.69, 9.17) is 10.2 Å². The van der Waals surface area contributed by atoms with E-state index in [2.05, 4.69) is 26.3 Å². The molecular weight excluding hydrogens is 480 g/mol. The Morgan fingerprint density at radius 1 is 1.11 bits per heavy atom. The summed E-state index contributed by atoms with van der Waals surface area (Å²) in [7, 11) is 0. The molecule has 2 aromatic rings. The number of carbonyl (C=O) groups is 4. The Kier molecular flexibility index (Phi) is 10.8. The first kappa shape index (κ1) is 29.0. The first-order chi connectivity index (χ1) is 17.5. The molecule has 200 valence electrons. The number of nitrogens with zero attached hydrogens (tertiary/aromatic N) is 1. The second-order valence-electron chi connectivity index (χ2n) is 8.91. The molecule has 0 spiro atoms. The number of rotatable bonds is 12. The molecule has 0 aliphatic heterocycles. The van der Waals surface area contributed by atoms with E-state index in [0.717, 1.165) is 17.3 Å². The number of nitrogens with one attached hydrogen (secondary N) is 4. The molecule has 0 saturated carbocycles. The van der Waals surface area contributed by atoms with Crippen molar-refractivity contribution in [3.63, 3.8) is 0 Å². The number of amides is 4. The van der Waals surface area contributed by atoms with E-state index in [1.165, 1.54) is 13.0 Å². The molecule has 6 N–H and O–H groups in total. The Balaban J connectivity index is 2.19. The van der Waals surface area contributed by atoms with Crippen molar-refractivity contribution >= 4 is 46.6 Å². The third-order valence-corrected chi connectivity index (χ3v) is 5.50. The molecule has 2 rings (SSSR count). The van der Waals surface area contributed by atoms with Crippen LogP contribution in [0.2, 0.25) is 0 Å². The summed E-state index contributed by atoms with van der Waals surface area (Å²) < 4.78 is 5.24. The molecule has 12 nitrogen and oxygen atoms in total. The standard InChI is InChI=1S/C25H34N6O6/c1-14(2)23(31-21(33)12-28-16(4)32)25(36)30-19(6-5-9-27-13-26)24(35)29-17-7-8-18-15(3)10-22(34)37-20(18)11-17/h7-8,10-11,13-14,19,23H,5-6,9,12H2,1-4H3,(H2,26,27)(H,28,32)(H,29,35)(H,30,36)(H,31,33)/t19-,23?/m0/s1. The maximum atomic E-state index is 13.2. The molecule has 12 heteroatoms. The molecule has 0 aliphatic rings. The number of aryl methyl sites for hydroxylation is 1. The van der Waals surface area contributed by atoms with Crippen molar-refractivity contribution in [1.29, 1.82) is 0 Å². The van der Waals surface area contributed by atoms with Crippen LogP contribution < -0.4 is 32.6 Å². The van der Waals surface area contributed by atoms with Crippen LogP contribution in [0.5, 0.6) is 0 Å². The highest BCUT2D eigenvalue weighted by Gasteiger charge is 2.28. The minimum Gasteiger partial charge on any atom is -0.423 e. The van der Waals surface area contributed by atoms with Crippen LogP contribution >= 0.6 is 0 Å². The minimum absolute atomic E-state index is 0.251. The summed E-state index contributed by atoms with van der Waals surface area (Å²) in [6.07, 6.45) is 1.87. The summed E-state index contributed by atoms with van der Waals surface area (Å²) in [5.41, 5.74) is 6.23. The maximum Gasteiger partial charge on any atom is 0.336 e. The normalized spacial score (nSPS) is 12.8.